The van der Waals surface area contributed by atoms with Gasteiger partial charge in [0.05, 0.1) is 6.54 Å². The Morgan fingerprint density at radius 3 is 2.39 bits per heavy atom. The Balaban J connectivity index is 1.28. The van der Waals surface area contributed by atoms with Crippen LogP contribution in [-0.4, -0.2) is 35.2 Å². The number of imidazole rings is 1. The summed E-state index contributed by atoms with van der Waals surface area (Å²) in [6, 6.07) is 18.3. The normalized spacial score (nSPS) is 11.2. The number of H-pyrrole nitrogens is 1. The van der Waals surface area contributed by atoms with E-state index in [0.29, 0.717) is 12.4 Å². The molecule has 0 fully saturated rings. The largest absolute Gasteiger partial charge is 0.489 e. The lowest BCUT2D eigenvalue weighted by Crippen LogP contribution is -2.05. The van der Waals surface area contributed by atoms with Gasteiger partial charge in [0, 0.05) is 17.7 Å². The molecule has 0 amide bonds. The van der Waals surface area contributed by atoms with Gasteiger partial charge in [0.25, 0.3) is 0 Å². The highest BCUT2D eigenvalue weighted by Crippen LogP contribution is 2.22. The van der Waals surface area contributed by atoms with Crippen molar-refractivity contribution in [1.82, 2.24) is 35.2 Å². The van der Waals surface area contributed by atoms with E-state index in [0.717, 1.165) is 52.5 Å². The van der Waals surface area contributed by atoms with Gasteiger partial charge in [0.2, 0.25) is 0 Å². The lowest BCUT2D eigenvalue weighted by Gasteiger charge is -2.10. The molecule has 8 nitrogen and oxygen atoms in total. The molecule has 5 rings (SSSR count). The molecule has 0 radical (unpaired) electrons. The summed E-state index contributed by atoms with van der Waals surface area (Å²) < 4.78 is 8.20. The van der Waals surface area contributed by atoms with E-state index in [1.54, 1.807) is 0 Å². The summed E-state index contributed by atoms with van der Waals surface area (Å²) in [7, 11) is 0. The molecule has 0 aliphatic heterocycles. The van der Waals surface area contributed by atoms with E-state index in [1.165, 1.54) is 11.1 Å². The predicted octanol–water partition coefficient (Wildman–Crippen LogP) is 4.42. The van der Waals surface area contributed by atoms with Gasteiger partial charge < -0.3 is 9.30 Å². The summed E-state index contributed by atoms with van der Waals surface area (Å²) in [5.41, 5.74) is 7.31. The summed E-state index contributed by atoms with van der Waals surface area (Å²) in [6.45, 7) is 7.47. The van der Waals surface area contributed by atoms with E-state index in [9.17, 15) is 0 Å². The lowest BCUT2D eigenvalue weighted by molar-refractivity contribution is 0.306. The minimum Gasteiger partial charge on any atom is -0.489 e. The zero-order valence-corrected chi connectivity index (χ0v) is 18.9. The van der Waals surface area contributed by atoms with Crippen LogP contribution >= 0.6 is 0 Å². The number of aryl methyl sites for hydroxylation is 3. The van der Waals surface area contributed by atoms with Crippen molar-refractivity contribution in [3.8, 4) is 17.1 Å². The van der Waals surface area contributed by atoms with E-state index in [2.05, 4.69) is 57.2 Å². The molecule has 33 heavy (non-hydrogen) atoms. The van der Waals surface area contributed by atoms with E-state index in [4.69, 9.17) is 14.7 Å². The van der Waals surface area contributed by atoms with Crippen LogP contribution in [0.4, 0.5) is 0 Å². The molecule has 0 atom stereocenters. The molecule has 0 unspecified atom stereocenters. The van der Waals surface area contributed by atoms with Gasteiger partial charge in [-0.15, -0.1) is 5.10 Å². The zero-order valence-electron chi connectivity index (χ0n) is 18.9. The first-order valence-electron chi connectivity index (χ1n) is 11.0. The number of rotatable bonds is 7. The first-order chi connectivity index (χ1) is 16.1. The maximum Gasteiger partial charge on any atom is 0.179 e. The molecule has 0 bridgehead atoms. The number of benzene rings is 2. The Hall–Kier alpha value is -4.07. The van der Waals surface area contributed by atoms with Gasteiger partial charge in [0.1, 0.15) is 23.7 Å². The number of pyridine rings is 1. The van der Waals surface area contributed by atoms with Gasteiger partial charge in [-0.2, -0.15) is 0 Å². The second-order valence-electron chi connectivity index (χ2n) is 8.10. The molecule has 1 N–H and O–H groups in total. The van der Waals surface area contributed by atoms with Gasteiger partial charge in [-0.1, -0.05) is 43.3 Å². The van der Waals surface area contributed by atoms with Crippen molar-refractivity contribution in [3.05, 3.63) is 82.8 Å². The Morgan fingerprint density at radius 1 is 0.939 bits per heavy atom. The molecule has 3 aromatic heterocycles. The van der Waals surface area contributed by atoms with Crippen LogP contribution < -0.4 is 4.74 Å². The number of fused-ring (bicyclic) bond motifs is 1. The van der Waals surface area contributed by atoms with Gasteiger partial charge in [-0.3, -0.25) is 0 Å². The van der Waals surface area contributed by atoms with Crippen molar-refractivity contribution in [2.75, 3.05) is 0 Å². The Morgan fingerprint density at radius 2 is 1.70 bits per heavy atom. The summed E-state index contributed by atoms with van der Waals surface area (Å²) >= 11 is 0. The van der Waals surface area contributed by atoms with Gasteiger partial charge in [-0.05, 0) is 59.2 Å². The number of aromatic amines is 1. The number of tetrazole rings is 1. The fourth-order valence-electron chi connectivity index (χ4n) is 3.97. The average Bonchev–Trinajstić information content (AvgIpc) is 3.48. The van der Waals surface area contributed by atoms with Gasteiger partial charge in [0.15, 0.2) is 11.5 Å². The molecule has 8 heteroatoms. The third-order valence-corrected chi connectivity index (χ3v) is 5.66. The number of hydrogen-bond donors (Lipinski definition) is 1. The van der Waals surface area contributed by atoms with Crippen LogP contribution in [0.5, 0.6) is 5.75 Å². The third kappa shape index (κ3) is 4.32. The van der Waals surface area contributed by atoms with Crippen LogP contribution in [0.1, 0.15) is 35.1 Å². The lowest BCUT2D eigenvalue weighted by atomic mass is 10.1. The van der Waals surface area contributed by atoms with Crippen LogP contribution in [0, 0.1) is 13.8 Å². The van der Waals surface area contributed by atoms with Crippen molar-refractivity contribution < 1.29 is 4.74 Å². The Kier molecular flexibility index (Phi) is 5.56. The summed E-state index contributed by atoms with van der Waals surface area (Å²) in [4.78, 5) is 9.60. The van der Waals surface area contributed by atoms with Crippen molar-refractivity contribution in [1.29, 1.82) is 0 Å². The van der Waals surface area contributed by atoms with Crippen LogP contribution in [-0.2, 0) is 19.6 Å². The molecular formula is C25H25N7O. The SMILES string of the molecule is CCc1nc2c(C)cc(C)nc2n1Cc1ccc(OCc2ccc(-c3nnn[nH]3)cc2)cc1. The number of nitrogens with zero attached hydrogens (tertiary/aromatic N) is 6. The molecule has 166 valence electrons. The standard InChI is InChI=1S/C25H25N7O/c1-4-22-27-23-16(2)13-17(3)26-25(23)32(22)14-18-7-11-21(12-8-18)33-15-19-5-9-20(10-6-19)24-28-30-31-29-24/h5-13H,4,14-15H2,1-3H3,(H,28,29,30,31). The number of aromatic nitrogens is 7. The van der Waals surface area contributed by atoms with Crippen molar-refractivity contribution >= 4 is 11.2 Å². The number of ether oxygens (including phenoxy) is 1. The molecule has 3 heterocycles. The van der Waals surface area contributed by atoms with Crippen LogP contribution in [0.15, 0.2) is 54.6 Å². The minimum atomic E-state index is 0.489. The third-order valence-electron chi connectivity index (χ3n) is 5.66. The van der Waals surface area contributed by atoms with E-state index >= 15 is 0 Å². The minimum absolute atomic E-state index is 0.489. The van der Waals surface area contributed by atoms with E-state index in [-0.39, 0.29) is 0 Å². The molecule has 0 saturated carbocycles. The fraction of sp³-hybridized carbons (Fsp3) is 0.240. The van der Waals surface area contributed by atoms with Crippen molar-refractivity contribution in [2.45, 2.75) is 40.3 Å². The first-order valence-corrected chi connectivity index (χ1v) is 11.0. The summed E-state index contributed by atoms with van der Waals surface area (Å²) in [6.07, 6.45) is 0.863. The molecule has 2 aromatic carbocycles. The van der Waals surface area contributed by atoms with E-state index < -0.39 is 0 Å². The molecule has 0 aliphatic carbocycles. The monoisotopic (exact) mass is 439 g/mol. The highest BCUT2D eigenvalue weighted by atomic mass is 16.5. The highest BCUT2D eigenvalue weighted by molar-refractivity contribution is 5.76. The Labute approximate surface area is 191 Å². The predicted molar refractivity (Wildman–Crippen MR) is 126 cm³/mol. The Bertz CT molecular complexity index is 1370. The summed E-state index contributed by atoms with van der Waals surface area (Å²) in [5, 5.41) is 13.9. The van der Waals surface area contributed by atoms with Gasteiger partial charge >= 0.3 is 0 Å². The average molecular weight is 440 g/mol. The molecule has 0 saturated heterocycles. The number of hydrogen-bond acceptors (Lipinski definition) is 6. The topological polar surface area (TPSA) is 94.4 Å². The van der Waals surface area contributed by atoms with Crippen LogP contribution in [0.2, 0.25) is 0 Å². The molecule has 0 spiro atoms. The maximum atomic E-state index is 5.98. The first kappa shape index (κ1) is 20.8. The molecule has 5 aromatic rings. The highest BCUT2D eigenvalue weighted by Gasteiger charge is 2.14. The second kappa shape index (κ2) is 8.82. The maximum absolute atomic E-state index is 5.98. The van der Waals surface area contributed by atoms with Crippen LogP contribution in [0.3, 0.4) is 0 Å². The van der Waals surface area contributed by atoms with Crippen molar-refractivity contribution in [2.24, 2.45) is 0 Å². The summed E-state index contributed by atoms with van der Waals surface area (Å²) in [5.74, 6) is 2.53. The fourth-order valence-corrected chi connectivity index (χ4v) is 3.97. The smallest absolute Gasteiger partial charge is 0.179 e. The quantitative estimate of drug-likeness (QED) is 0.403. The van der Waals surface area contributed by atoms with E-state index in [1.807, 2.05) is 43.3 Å². The van der Waals surface area contributed by atoms with Crippen LogP contribution in [0.25, 0.3) is 22.6 Å². The second-order valence-corrected chi connectivity index (χ2v) is 8.10. The molecular weight excluding hydrogens is 414 g/mol. The number of nitrogens with one attached hydrogen (secondary N) is 1. The van der Waals surface area contributed by atoms with Crippen molar-refractivity contribution in [3.63, 3.8) is 0 Å². The van der Waals surface area contributed by atoms with Gasteiger partial charge in [-0.25, -0.2) is 15.1 Å². The zero-order chi connectivity index (χ0) is 22.8. The molecule has 0 aliphatic rings.